The fraction of sp³-hybridized carbons (Fsp3) is 0.375. The van der Waals surface area contributed by atoms with Crippen molar-refractivity contribution in [3.05, 3.63) is 35.3 Å². The molecule has 1 aromatic carbocycles. The first-order valence-electron chi connectivity index (χ1n) is 7.29. The van der Waals surface area contributed by atoms with Gasteiger partial charge in [0.25, 0.3) is 5.91 Å². The summed E-state index contributed by atoms with van der Waals surface area (Å²) in [5.41, 5.74) is 1.95. The maximum absolute atomic E-state index is 13.4. The highest BCUT2D eigenvalue weighted by Crippen LogP contribution is 2.22. The average Bonchev–Trinajstić information content (AvgIpc) is 2.77. The van der Waals surface area contributed by atoms with E-state index in [0.29, 0.717) is 24.0 Å². The average molecular weight is 305 g/mol. The second-order valence-corrected chi connectivity index (χ2v) is 5.26. The van der Waals surface area contributed by atoms with Crippen molar-refractivity contribution in [3.63, 3.8) is 0 Å². The number of hydrogen-bond acceptors (Lipinski definition) is 2. The first-order chi connectivity index (χ1) is 10.5. The van der Waals surface area contributed by atoms with E-state index in [-0.39, 0.29) is 17.6 Å². The number of aryl methyl sites for hydroxylation is 1. The maximum Gasteiger partial charge on any atom is 0.253 e. The Morgan fingerprint density at radius 2 is 1.86 bits per heavy atom. The van der Waals surface area contributed by atoms with E-state index in [1.54, 1.807) is 13.0 Å². The van der Waals surface area contributed by atoms with E-state index < -0.39 is 0 Å². The molecule has 2 rings (SSSR count). The summed E-state index contributed by atoms with van der Waals surface area (Å²) in [6.45, 7) is 4.38. The molecular weight excluding hydrogens is 285 g/mol. The summed E-state index contributed by atoms with van der Waals surface area (Å²) in [7, 11) is 0. The Kier molecular flexibility index (Phi) is 5.14. The number of halogens is 1. The largest absolute Gasteiger partial charge is 0.358 e. The van der Waals surface area contributed by atoms with Crippen molar-refractivity contribution < 1.29 is 14.0 Å². The molecule has 0 radical (unpaired) electrons. The molecule has 0 aliphatic heterocycles. The summed E-state index contributed by atoms with van der Waals surface area (Å²) in [5, 5.41) is 6.12. The van der Waals surface area contributed by atoms with Crippen LogP contribution in [0.5, 0.6) is 0 Å². The van der Waals surface area contributed by atoms with Gasteiger partial charge in [-0.2, -0.15) is 0 Å². The van der Waals surface area contributed by atoms with Crippen LogP contribution in [-0.4, -0.2) is 29.9 Å². The summed E-state index contributed by atoms with van der Waals surface area (Å²) in [6.07, 6.45) is 1.56. The van der Waals surface area contributed by atoms with Gasteiger partial charge in [-0.3, -0.25) is 9.59 Å². The lowest BCUT2D eigenvalue weighted by Gasteiger charge is -2.06. The number of aromatic amines is 1. The van der Waals surface area contributed by atoms with Gasteiger partial charge in [0, 0.05) is 36.6 Å². The van der Waals surface area contributed by atoms with Gasteiger partial charge in [-0.1, -0.05) is 0 Å². The number of rotatable bonds is 6. The topological polar surface area (TPSA) is 74.0 Å². The first-order valence-corrected chi connectivity index (χ1v) is 7.29. The Labute approximate surface area is 128 Å². The van der Waals surface area contributed by atoms with Crippen LogP contribution in [0.25, 0.3) is 10.9 Å². The van der Waals surface area contributed by atoms with Crippen LogP contribution in [0.3, 0.4) is 0 Å². The number of amides is 2. The summed E-state index contributed by atoms with van der Waals surface area (Å²) < 4.78 is 13.4. The molecule has 2 aromatic rings. The molecule has 0 atom stereocenters. The highest BCUT2D eigenvalue weighted by Gasteiger charge is 2.16. The quantitative estimate of drug-likeness (QED) is 0.716. The van der Waals surface area contributed by atoms with E-state index in [1.165, 1.54) is 19.1 Å². The lowest BCUT2D eigenvalue weighted by atomic mass is 10.1. The Morgan fingerprint density at radius 3 is 2.55 bits per heavy atom. The maximum atomic E-state index is 13.4. The Hall–Kier alpha value is -2.37. The zero-order valence-corrected chi connectivity index (χ0v) is 12.8. The summed E-state index contributed by atoms with van der Waals surface area (Å²) in [4.78, 5) is 26.1. The number of carbonyl (C=O) groups excluding carboxylic acids is 2. The predicted molar refractivity (Wildman–Crippen MR) is 83.2 cm³/mol. The van der Waals surface area contributed by atoms with Gasteiger partial charge >= 0.3 is 0 Å². The van der Waals surface area contributed by atoms with Crippen LogP contribution in [-0.2, 0) is 4.79 Å². The van der Waals surface area contributed by atoms with Crippen molar-refractivity contribution in [2.45, 2.75) is 26.7 Å². The van der Waals surface area contributed by atoms with Gasteiger partial charge < -0.3 is 15.6 Å². The molecule has 0 saturated heterocycles. The minimum Gasteiger partial charge on any atom is -0.358 e. The molecule has 3 N–H and O–H groups in total. The van der Waals surface area contributed by atoms with E-state index in [1.807, 2.05) is 0 Å². The van der Waals surface area contributed by atoms with Gasteiger partial charge in [0.2, 0.25) is 5.91 Å². The zero-order valence-electron chi connectivity index (χ0n) is 12.8. The minimum atomic E-state index is -0.365. The molecule has 5 nitrogen and oxygen atoms in total. The molecule has 0 spiro atoms. The number of aromatic nitrogens is 1. The lowest BCUT2D eigenvalue weighted by Crippen LogP contribution is -2.26. The minimum absolute atomic E-state index is 0.0551. The SMILES string of the molecule is CC(=O)NCCCCNC(=O)c1c(C)[nH]c2ccc(F)cc12. The third-order valence-electron chi connectivity index (χ3n) is 3.44. The normalized spacial score (nSPS) is 10.7. The van der Waals surface area contributed by atoms with Gasteiger partial charge in [-0.05, 0) is 38.0 Å². The van der Waals surface area contributed by atoms with Crippen molar-refractivity contribution in [1.29, 1.82) is 0 Å². The number of hydrogen-bond donors (Lipinski definition) is 3. The van der Waals surface area contributed by atoms with Gasteiger partial charge in [-0.25, -0.2) is 4.39 Å². The summed E-state index contributed by atoms with van der Waals surface area (Å²) in [5.74, 6) is -0.634. The molecule has 1 aromatic heterocycles. The van der Waals surface area contributed by atoms with Gasteiger partial charge in [0.15, 0.2) is 0 Å². The van der Waals surface area contributed by atoms with Crippen LogP contribution < -0.4 is 10.6 Å². The van der Waals surface area contributed by atoms with Gasteiger partial charge in [-0.15, -0.1) is 0 Å². The van der Waals surface area contributed by atoms with E-state index in [9.17, 15) is 14.0 Å². The predicted octanol–water partition coefficient (Wildman–Crippen LogP) is 2.26. The Morgan fingerprint density at radius 1 is 1.18 bits per heavy atom. The van der Waals surface area contributed by atoms with Gasteiger partial charge in [0.1, 0.15) is 5.82 Å². The van der Waals surface area contributed by atoms with Crippen molar-refractivity contribution in [2.24, 2.45) is 0 Å². The number of benzene rings is 1. The van der Waals surface area contributed by atoms with E-state index in [2.05, 4.69) is 15.6 Å². The molecule has 0 bridgehead atoms. The molecule has 0 unspecified atom stereocenters. The molecule has 0 aliphatic carbocycles. The second-order valence-electron chi connectivity index (χ2n) is 5.26. The van der Waals surface area contributed by atoms with Crippen LogP contribution >= 0.6 is 0 Å². The molecule has 0 fully saturated rings. The number of fused-ring (bicyclic) bond motifs is 1. The molecule has 118 valence electrons. The molecular formula is C16H20FN3O2. The number of unbranched alkanes of at least 4 members (excludes halogenated alkanes) is 1. The molecule has 6 heteroatoms. The standard InChI is InChI=1S/C16H20FN3O2/c1-10-15(13-9-12(17)5-6-14(13)20-10)16(22)19-8-4-3-7-18-11(2)21/h5-6,9,20H,3-4,7-8H2,1-2H3,(H,18,21)(H,19,22). The van der Waals surface area contributed by atoms with Crippen molar-refractivity contribution >= 4 is 22.7 Å². The fourth-order valence-electron chi connectivity index (χ4n) is 2.40. The highest BCUT2D eigenvalue weighted by atomic mass is 19.1. The van der Waals surface area contributed by atoms with E-state index in [0.717, 1.165) is 24.1 Å². The number of nitrogens with one attached hydrogen (secondary N) is 3. The van der Waals surface area contributed by atoms with Crippen LogP contribution in [0, 0.1) is 12.7 Å². The third kappa shape index (κ3) is 3.84. The number of H-pyrrole nitrogens is 1. The van der Waals surface area contributed by atoms with Crippen LogP contribution in [0.15, 0.2) is 18.2 Å². The molecule has 0 saturated carbocycles. The first kappa shape index (κ1) is 16.0. The van der Waals surface area contributed by atoms with Crippen molar-refractivity contribution in [2.75, 3.05) is 13.1 Å². The van der Waals surface area contributed by atoms with Crippen molar-refractivity contribution in [3.8, 4) is 0 Å². The zero-order chi connectivity index (χ0) is 16.1. The summed E-state index contributed by atoms with van der Waals surface area (Å²) >= 11 is 0. The molecule has 2 amide bonds. The highest BCUT2D eigenvalue weighted by molar-refractivity contribution is 6.08. The number of carbonyl (C=O) groups is 2. The van der Waals surface area contributed by atoms with Crippen LogP contribution in [0.1, 0.15) is 35.8 Å². The second kappa shape index (κ2) is 7.06. The fourth-order valence-corrected chi connectivity index (χ4v) is 2.40. The molecule has 0 aliphatic rings. The van der Waals surface area contributed by atoms with E-state index >= 15 is 0 Å². The Bertz CT molecular complexity index is 694. The van der Waals surface area contributed by atoms with Crippen LogP contribution in [0.2, 0.25) is 0 Å². The Balaban J connectivity index is 1.94. The van der Waals surface area contributed by atoms with Crippen molar-refractivity contribution in [1.82, 2.24) is 15.6 Å². The molecule has 22 heavy (non-hydrogen) atoms. The van der Waals surface area contributed by atoms with Crippen LogP contribution in [0.4, 0.5) is 4.39 Å². The third-order valence-corrected chi connectivity index (χ3v) is 3.44. The molecule has 1 heterocycles. The smallest absolute Gasteiger partial charge is 0.253 e. The lowest BCUT2D eigenvalue weighted by molar-refractivity contribution is -0.118. The summed E-state index contributed by atoms with van der Waals surface area (Å²) in [6, 6.07) is 4.36. The van der Waals surface area contributed by atoms with Gasteiger partial charge in [0.05, 0.1) is 5.56 Å². The van der Waals surface area contributed by atoms with E-state index in [4.69, 9.17) is 0 Å². The monoisotopic (exact) mass is 305 g/mol.